The highest BCUT2D eigenvalue weighted by atomic mass is 35.5. The van der Waals surface area contributed by atoms with Crippen molar-refractivity contribution >= 4 is 50.8 Å². The third kappa shape index (κ3) is 7.36. The highest BCUT2D eigenvalue weighted by molar-refractivity contribution is 7.92. The molecule has 0 saturated heterocycles. The molecule has 11 heteroatoms. The quantitative estimate of drug-likeness (QED) is 0.261. The summed E-state index contributed by atoms with van der Waals surface area (Å²) in [6, 6.07) is 14.4. The number of unbranched alkanes of at least 4 members (excludes halogenated alkanes) is 1. The van der Waals surface area contributed by atoms with Crippen molar-refractivity contribution < 1.29 is 27.9 Å². The first-order valence-corrected chi connectivity index (χ1v) is 13.2. The molecule has 3 rings (SSSR count). The molecule has 190 valence electrons. The van der Waals surface area contributed by atoms with Gasteiger partial charge in [-0.25, -0.2) is 8.42 Å². The van der Waals surface area contributed by atoms with Crippen molar-refractivity contribution in [3.05, 3.63) is 81.8 Å². The van der Waals surface area contributed by atoms with Crippen LogP contribution < -0.4 is 14.8 Å². The molecule has 3 aromatic carbocycles. The Labute approximate surface area is 219 Å². The summed E-state index contributed by atoms with van der Waals surface area (Å²) in [6.07, 6.45) is 1.50. The first-order valence-electron chi connectivity index (χ1n) is 11.0. The van der Waals surface area contributed by atoms with Gasteiger partial charge in [-0.1, -0.05) is 42.6 Å². The largest absolute Gasteiger partial charge is 0.481 e. The Bertz CT molecular complexity index is 1360. The van der Waals surface area contributed by atoms with E-state index >= 15 is 0 Å². The number of nitrogens with one attached hydrogen (secondary N) is 2. The summed E-state index contributed by atoms with van der Waals surface area (Å²) in [5.41, 5.74) is 0.719. The van der Waals surface area contributed by atoms with Crippen molar-refractivity contribution in [2.24, 2.45) is 0 Å². The number of amides is 1. The van der Waals surface area contributed by atoms with Crippen LogP contribution in [0.4, 0.5) is 5.69 Å². The van der Waals surface area contributed by atoms with E-state index in [1.165, 1.54) is 54.6 Å². The van der Waals surface area contributed by atoms with Crippen molar-refractivity contribution in [3.63, 3.8) is 0 Å². The molecule has 0 atom stereocenters. The van der Waals surface area contributed by atoms with Crippen molar-refractivity contribution in [1.29, 1.82) is 0 Å². The number of carboxylic acid groups (broad SMARTS) is 1. The minimum atomic E-state index is -4.06. The van der Waals surface area contributed by atoms with E-state index in [9.17, 15) is 18.0 Å². The molecular weight excluding hydrogens is 527 g/mol. The summed E-state index contributed by atoms with van der Waals surface area (Å²) in [5.74, 6) is -1.10. The molecule has 0 radical (unpaired) electrons. The minimum Gasteiger partial charge on any atom is -0.481 e. The number of anilines is 1. The molecule has 0 spiro atoms. The molecule has 0 aliphatic heterocycles. The number of rotatable bonds is 11. The number of benzene rings is 3. The number of halogens is 2. The summed E-state index contributed by atoms with van der Waals surface area (Å²) in [5, 5.41) is 12.3. The molecule has 0 saturated carbocycles. The fourth-order valence-electron chi connectivity index (χ4n) is 3.17. The van der Waals surface area contributed by atoms with Crippen molar-refractivity contribution in [1.82, 2.24) is 5.32 Å². The molecule has 0 aromatic heterocycles. The maximum absolute atomic E-state index is 13.0. The summed E-state index contributed by atoms with van der Waals surface area (Å²) in [7, 11) is -4.06. The number of ether oxygens (including phenoxy) is 1. The van der Waals surface area contributed by atoms with Gasteiger partial charge in [0.15, 0.2) is 5.75 Å². The molecule has 3 aromatic rings. The third-order valence-corrected chi connectivity index (χ3v) is 6.93. The maximum atomic E-state index is 13.0. The Balaban J connectivity index is 1.96. The van der Waals surface area contributed by atoms with Crippen LogP contribution in [0.2, 0.25) is 10.0 Å². The summed E-state index contributed by atoms with van der Waals surface area (Å²) < 4.78 is 34.4. The van der Waals surface area contributed by atoms with Crippen molar-refractivity contribution in [2.75, 3.05) is 11.3 Å². The smallest absolute Gasteiger partial charge is 0.307 e. The van der Waals surface area contributed by atoms with E-state index in [4.69, 9.17) is 33.0 Å². The first kappa shape index (κ1) is 27.3. The zero-order chi connectivity index (χ0) is 26.3. The van der Waals surface area contributed by atoms with Crippen LogP contribution in [-0.4, -0.2) is 31.9 Å². The van der Waals surface area contributed by atoms with Crippen LogP contribution in [0.15, 0.2) is 65.6 Å². The molecular formula is C25H24Cl2N2O6S. The molecule has 36 heavy (non-hydrogen) atoms. The third-order valence-electron chi connectivity index (χ3n) is 5.00. The first-order chi connectivity index (χ1) is 17.1. The van der Waals surface area contributed by atoms with Gasteiger partial charge in [0, 0.05) is 17.1 Å². The van der Waals surface area contributed by atoms with Gasteiger partial charge in [-0.2, -0.15) is 0 Å². The standard InChI is InChI=1S/C25H24Cl2N2O6S/c1-2-3-12-28-25(32)17-5-11-23(35-22-10-4-16(13-20(22)27)14-24(30)31)21(15-17)29-36(33,34)19-8-6-18(26)7-9-19/h4-11,13,15,29H,2-3,12,14H2,1H3,(H,28,32)(H,30,31). The molecule has 0 heterocycles. The van der Waals surface area contributed by atoms with Crippen molar-refractivity contribution in [3.8, 4) is 11.5 Å². The van der Waals surface area contributed by atoms with E-state index < -0.39 is 16.0 Å². The van der Waals surface area contributed by atoms with Gasteiger partial charge in [-0.05, 0) is 66.6 Å². The van der Waals surface area contributed by atoms with E-state index in [2.05, 4.69) is 10.0 Å². The van der Waals surface area contributed by atoms with Crippen LogP contribution in [-0.2, 0) is 21.2 Å². The number of aliphatic carboxylic acids is 1. The SMILES string of the molecule is CCCCNC(=O)c1ccc(Oc2ccc(CC(=O)O)cc2Cl)c(NS(=O)(=O)c2ccc(Cl)cc2)c1. The van der Waals surface area contributed by atoms with Crippen LogP contribution in [0.3, 0.4) is 0 Å². The zero-order valence-corrected chi connectivity index (χ0v) is 21.6. The van der Waals surface area contributed by atoms with Crippen LogP contribution in [0, 0.1) is 0 Å². The number of carbonyl (C=O) groups excluding carboxylic acids is 1. The zero-order valence-electron chi connectivity index (χ0n) is 19.3. The Morgan fingerprint density at radius 3 is 2.31 bits per heavy atom. The average molecular weight is 551 g/mol. The maximum Gasteiger partial charge on any atom is 0.307 e. The van der Waals surface area contributed by atoms with E-state index in [1.54, 1.807) is 6.07 Å². The lowest BCUT2D eigenvalue weighted by Gasteiger charge is -2.16. The topological polar surface area (TPSA) is 122 Å². The van der Waals surface area contributed by atoms with Gasteiger partial charge in [-0.15, -0.1) is 0 Å². The second kappa shape index (κ2) is 12.1. The lowest BCUT2D eigenvalue weighted by Crippen LogP contribution is -2.24. The predicted octanol–water partition coefficient (Wildman–Crippen LogP) is 5.74. The lowest BCUT2D eigenvalue weighted by atomic mass is 10.1. The predicted molar refractivity (Wildman–Crippen MR) is 139 cm³/mol. The molecule has 0 bridgehead atoms. The van der Waals surface area contributed by atoms with Gasteiger partial charge in [-0.3, -0.25) is 14.3 Å². The Hall–Kier alpha value is -3.27. The molecule has 8 nitrogen and oxygen atoms in total. The van der Waals surface area contributed by atoms with E-state index in [0.717, 1.165) is 12.8 Å². The monoisotopic (exact) mass is 550 g/mol. The Morgan fingerprint density at radius 1 is 0.972 bits per heavy atom. The van der Waals surface area contributed by atoms with Crippen LogP contribution in [0.25, 0.3) is 0 Å². The second-order valence-corrected chi connectivity index (χ2v) is 10.3. The van der Waals surface area contributed by atoms with Crippen LogP contribution in [0.1, 0.15) is 35.7 Å². The summed E-state index contributed by atoms with van der Waals surface area (Å²) >= 11 is 12.2. The van der Waals surface area contributed by atoms with Crippen LogP contribution in [0.5, 0.6) is 11.5 Å². The lowest BCUT2D eigenvalue weighted by molar-refractivity contribution is -0.136. The van der Waals surface area contributed by atoms with Gasteiger partial charge in [0.2, 0.25) is 0 Å². The number of carboxylic acids is 1. The number of hydrogen-bond donors (Lipinski definition) is 3. The highest BCUT2D eigenvalue weighted by Gasteiger charge is 2.20. The number of hydrogen-bond acceptors (Lipinski definition) is 5. The number of sulfonamides is 1. The second-order valence-electron chi connectivity index (χ2n) is 7.82. The molecule has 0 fully saturated rings. The molecule has 3 N–H and O–H groups in total. The van der Waals surface area contributed by atoms with E-state index in [0.29, 0.717) is 17.1 Å². The minimum absolute atomic E-state index is 0.0128. The molecule has 0 aliphatic rings. The molecule has 0 aliphatic carbocycles. The normalized spacial score (nSPS) is 11.1. The number of carbonyl (C=O) groups is 2. The average Bonchev–Trinajstić information content (AvgIpc) is 2.81. The molecule has 0 unspecified atom stereocenters. The fourth-order valence-corrected chi connectivity index (χ4v) is 4.60. The summed E-state index contributed by atoms with van der Waals surface area (Å²) in [6.45, 7) is 2.49. The highest BCUT2D eigenvalue weighted by Crippen LogP contribution is 2.36. The fraction of sp³-hybridized carbons (Fsp3) is 0.200. The van der Waals surface area contributed by atoms with Gasteiger partial charge < -0.3 is 15.2 Å². The van der Waals surface area contributed by atoms with Crippen molar-refractivity contribution in [2.45, 2.75) is 31.1 Å². The Kier molecular flexibility index (Phi) is 9.19. The van der Waals surface area contributed by atoms with Gasteiger partial charge in [0.25, 0.3) is 15.9 Å². The van der Waals surface area contributed by atoms with E-state index in [-0.39, 0.29) is 45.0 Å². The van der Waals surface area contributed by atoms with Gasteiger partial charge in [0.05, 0.1) is 22.0 Å². The van der Waals surface area contributed by atoms with Gasteiger partial charge >= 0.3 is 5.97 Å². The molecule has 1 amide bonds. The van der Waals surface area contributed by atoms with Crippen LogP contribution >= 0.6 is 23.2 Å². The van der Waals surface area contributed by atoms with E-state index in [1.807, 2.05) is 6.92 Å². The van der Waals surface area contributed by atoms with Gasteiger partial charge in [0.1, 0.15) is 5.75 Å². The summed E-state index contributed by atoms with van der Waals surface area (Å²) in [4.78, 5) is 23.5. The Morgan fingerprint density at radius 2 is 1.67 bits per heavy atom.